The molecule has 2 rings (SSSR count). The molecule has 6 heteroatoms. The molecule has 1 aliphatic heterocycles. The third-order valence-electron chi connectivity index (χ3n) is 2.97. The average Bonchev–Trinajstić information content (AvgIpc) is 2.83. The molecular weight excluding hydrogens is 258 g/mol. The molecule has 1 saturated heterocycles. The second-order valence-corrected chi connectivity index (χ2v) is 4.50. The SMILES string of the molecule is COC(=O)C(CN1CCOCC1)c1ccc(Cl)o1. The van der Waals surface area contributed by atoms with Crippen LogP contribution in [0.4, 0.5) is 0 Å². The highest BCUT2D eigenvalue weighted by atomic mass is 35.5. The van der Waals surface area contributed by atoms with Crippen LogP contribution in [-0.2, 0) is 14.3 Å². The number of hydrogen-bond donors (Lipinski definition) is 0. The number of furan rings is 1. The summed E-state index contributed by atoms with van der Waals surface area (Å²) in [6.07, 6.45) is 0. The van der Waals surface area contributed by atoms with Crippen LogP contribution in [0.5, 0.6) is 0 Å². The summed E-state index contributed by atoms with van der Waals surface area (Å²) < 4.78 is 15.4. The largest absolute Gasteiger partial charge is 0.468 e. The number of rotatable bonds is 4. The zero-order valence-electron chi connectivity index (χ0n) is 10.2. The van der Waals surface area contributed by atoms with Gasteiger partial charge in [0.15, 0.2) is 5.22 Å². The third kappa shape index (κ3) is 3.25. The van der Waals surface area contributed by atoms with E-state index >= 15 is 0 Å². The molecule has 0 spiro atoms. The minimum Gasteiger partial charge on any atom is -0.468 e. The fourth-order valence-corrected chi connectivity index (χ4v) is 2.13. The van der Waals surface area contributed by atoms with Crippen molar-refractivity contribution < 1.29 is 18.7 Å². The molecular formula is C12H16ClNO4. The van der Waals surface area contributed by atoms with Gasteiger partial charge in [0.25, 0.3) is 0 Å². The predicted molar refractivity (Wildman–Crippen MR) is 65.7 cm³/mol. The first-order valence-corrected chi connectivity index (χ1v) is 6.21. The fraction of sp³-hybridized carbons (Fsp3) is 0.583. The Labute approximate surface area is 111 Å². The molecule has 100 valence electrons. The minimum atomic E-state index is -0.444. The number of nitrogens with zero attached hydrogens (tertiary/aromatic N) is 1. The van der Waals surface area contributed by atoms with Crippen LogP contribution < -0.4 is 0 Å². The van der Waals surface area contributed by atoms with E-state index in [1.54, 1.807) is 12.1 Å². The van der Waals surface area contributed by atoms with Gasteiger partial charge in [-0.15, -0.1) is 0 Å². The van der Waals surface area contributed by atoms with Crippen LogP contribution in [-0.4, -0.2) is 50.8 Å². The lowest BCUT2D eigenvalue weighted by Crippen LogP contribution is -2.40. The monoisotopic (exact) mass is 273 g/mol. The molecule has 0 saturated carbocycles. The number of carbonyl (C=O) groups is 1. The molecule has 0 aliphatic carbocycles. The number of hydrogen-bond acceptors (Lipinski definition) is 5. The van der Waals surface area contributed by atoms with Gasteiger partial charge in [-0.25, -0.2) is 0 Å². The van der Waals surface area contributed by atoms with Crippen LogP contribution in [0.3, 0.4) is 0 Å². The van der Waals surface area contributed by atoms with Crippen molar-refractivity contribution >= 4 is 17.6 Å². The van der Waals surface area contributed by atoms with Gasteiger partial charge in [0.1, 0.15) is 11.7 Å². The van der Waals surface area contributed by atoms with Gasteiger partial charge in [-0.1, -0.05) is 0 Å². The predicted octanol–water partition coefficient (Wildman–Crippen LogP) is 1.52. The highest BCUT2D eigenvalue weighted by Crippen LogP contribution is 2.24. The molecule has 5 nitrogen and oxygen atoms in total. The van der Waals surface area contributed by atoms with E-state index in [2.05, 4.69) is 4.90 Å². The molecule has 1 aromatic rings. The van der Waals surface area contributed by atoms with Crippen LogP contribution in [0.1, 0.15) is 11.7 Å². The molecule has 1 aromatic heterocycles. The van der Waals surface area contributed by atoms with Crippen LogP contribution in [0.2, 0.25) is 5.22 Å². The van der Waals surface area contributed by atoms with Crippen molar-refractivity contribution in [2.24, 2.45) is 0 Å². The lowest BCUT2D eigenvalue weighted by atomic mass is 10.1. The van der Waals surface area contributed by atoms with Crippen molar-refractivity contribution in [2.75, 3.05) is 40.0 Å². The Kier molecular flexibility index (Phi) is 4.63. The van der Waals surface area contributed by atoms with Crippen molar-refractivity contribution in [1.29, 1.82) is 0 Å². The smallest absolute Gasteiger partial charge is 0.317 e. The topological polar surface area (TPSA) is 51.9 Å². The number of esters is 1. The van der Waals surface area contributed by atoms with Crippen LogP contribution >= 0.6 is 11.6 Å². The molecule has 0 aromatic carbocycles. The molecule has 0 N–H and O–H groups in total. The van der Waals surface area contributed by atoms with Crippen LogP contribution in [0, 0.1) is 0 Å². The first-order valence-electron chi connectivity index (χ1n) is 5.84. The van der Waals surface area contributed by atoms with E-state index in [0.717, 1.165) is 13.1 Å². The summed E-state index contributed by atoms with van der Waals surface area (Å²) in [5, 5.41) is 0.279. The Hall–Kier alpha value is -1.04. The number of carbonyl (C=O) groups excluding carboxylic acids is 1. The Morgan fingerprint density at radius 2 is 2.22 bits per heavy atom. The van der Waals surface area contributed by atoms with E-state index in [1.807, 2.05) is 0 Å². The third-order valence-corrected chi connectivity index (χ3v) is 3.17. The van der Waals surface area contributed by atoms with Gasteiger partial charge in [-0.2, -0.15) is 0 Å². The van der Waals surface area contributed by atoms with Crippen molar-refractivity contribution in [2.45, 2.75) is 5.92 Å². The minimum absolute atomic E-state index is 0.279. The van der Waals surface area contributed by atoms with Gasteiger partial charge >= 0.3 is 5.97 Å². The van der Waals surface area contributed by atoms with E-state index in [9.17, 15) is 4.79 Å². The quantitative estimate of drug-likeness (QED) is 0.779. The Balaban J connectivity index is 2.07. The van der Waals surface area contributed by atoms with Gasteiger partial charge in [0, 0.05) is 19.6 Å². The van der Waals surface area contributed by atoms with E-state index in [4.69, 9.17) is 25.5 Å². The number of methoxy groups -OCH3 is 1. The number of morpholine rings is 1. The van der Waals surface area contributed by atoms with Gasteiger partial charge < -0.3 is 13.9 Å². The van der Waals surface area contributed by atoms with Crippen molar-refractivity contribution in [3.8, 4) is 0 Å². The summed E-state index contributed by atoms with van der Waals surface area (Å²) in [6, 6.07) is 3.34. The van der Waals surface area contributed by atoms with E-state index in [-0.39, 0.29) is 11.2 Å². The van der Waals surface area contributed by atoms with Gasteiger partial charge in [-0.05, 0) is 23.7 Å². The van der Waals surface area contributed by atoms with Gasteiger partial charge in [0.05, 0.1) is 20.3 Å². The first kappa shape index (κ1) is 13.4. The number of halogens is 1. The molecule has 2 heterocycles. The highest BCUT2D eigenvalue weighted by Gasteiger charge is 2.28. The molecule has 1 atom stereocenters. The Bertz CT molecular complexity index is 401. The van der Waals surface area contributed by atoms with Gasteiger partial charge in [0.2, 0.25) is 0 Å². The summed E-state index contributed by atoms with van der Waals surface area (Å²) in [7, 11) is 1.37. The van der Waals surface area contributed by atoms with E-state index in [0.29, 0.717) is 25.5 Å². The van der Waals surface area contributed by atoms with Crippen molar-refractivity contribution in [3.05, 3.63) is 23.1 Å². The lowest BCUT2D eigenvalue weighted by molar-refractivity contribution is -0.143. The average molecular weight is 274 g/mol. The molecule has 0 amide bonds. The maximum atomic E-state index is 11.8. The molecule has 1 aliphatic rings. The second kappa shape index (κ2) is 6.22. The fourth-order valence-electron chi connectivity index (χ4n) is 1.98. The summed E-state index contributed by atoms with van der Waals surface area (Å²) in [5.74, 6) is -0.216. The normalized spacial score (nSPS) is 18.6. The molecule has 18 heavy (non-hydrogen) atoms. The van der Waals surface area contributed by atoms with Crippen LogP contribution in [0.25, 0.3) is 0 Å². The highest BCUT2D eigenvalue weighted by molar-refractivity contribution is 6.28. The molecule has 1 fully saturated rings. The summed E-state index contributed by atoms with van der Waals surface area (Å²) >= 11 is 5.74. The molecule has 0 bridgehead atoms. The van der Waals surface area contributed by atoms with E-state index in [1.165, 1.54) is 7.11 Å². The molecule has 1 unspecified atom stereocenters. The van der Waals surface area contributed by atoms with Gasteiger partial charge in [-0.3, -0.25) is 9.69 Å². The number of ether oxygens (including phenoxy) is 2. The Morgan fingerprint density at radius 3 is 2.78 bits per heavy atom. The summed E-state index contributed by atoms with van der Waals surface area (Å²) in [6.45, 7) is 3.54. The van der Waals surface area contributed by atoms with Crippen molar-refractivity contribution in [1.82, 2.24) is 4.90 Å². The maximum absolute atomic E-state index is 11.8. The second-order valence-electron chi connectivity index (χ2n) is 4.13. The zero-order valence-corrected chi connectivity index (χ0v) is 11.0. The zero-order chi connectivity index (χ0) is 13.0. The van der Waals surface area contributed by atoms with E-state index < -0.39 is 5.92 Å². The summed E-state index contributed by atoms with van der Waals surface area (Å²) in [4.78, 5) is 14.0. The maximum Gasteiger partial charge on any atom is 0.317 e. The lowest BCUT2D eigenvalue weighted by Gasteiger charge is -2.28. The summed E-state index contributed by atoms with van der Waals surface area (Å²) in [5.41, 5.74) is 0. The molecule has 0 radical (unpaired) electrons. The Morgan fingerprint density at radius 1 is 1.50 bits per heavy atom. The first-order chi connectivity index (χ1) is 8.70. The standard InChI is InChI=1S/C12H16ClNO4/c1-16-12(15)9(10-2-3-11(13)18-10)8-14-4-6-17-7-5-14/h2-3,9H,4-8H2,1H3. The van der Waals surface area contributed by atoms with Crippen molar-refractivity contribution in [3.63, 3.8) is 0 Å². The van der Waals surface area contributed by atoms with Crippen LogP contribution in [0.15, 0.2) is 16.5 Å².